The lowest BCUT2D eigenvalue weighted by molar-refractivity contribution is 0.314. The summed E-state index contributed by atoms with van der Waals surface area (Å²) in [5, 5.41) is 7.05. The second-order valence-corrected chi connectivity index (χ2v) is 5.18. The number of benzene rings is 1. The van der Waals surface area contributed by atoms with Crippen LogP contribution in [0.1, 0.15) is 6.42 Å². The Morgan fingerprint density at radius 3 is 2.81 bits per heavy atom. The van der Waals surface area contributed by atoms with E-state index in [-0.39, 0.29) is 11.4 Å². The smallest absolute Gasteiger partial charge is 0.282 e. The van der Waals surface area contributed by atoms with Crippen molar-refractivity contribution in [3.63, 3.8) is 0 Å². The van der Waals surface area contributed by atoms with E-state index in [4.69, 9.17) is 4.74 Å². The van der Waals surface area contributed by atoms with Gasteiger partial charge in [-0.1, -0.05) is 0 Å². The van der Waals surface area contributed by atoms with E-state index in [9.17, 15) is 9.18 Å². The third-order valence-corrected chi connectivity index (χ3v) is 3.56. The molecule has 21 heavy (non-hydrogen) atoms. The summed E-state index contributed by atoms with van der Waals surface area (Å²) < 4.78 is 19.9. The highest BCUT2D eigenvalue weighted by Crippen LogP contribution is 2.16. The van der Waals surface area contributed by atoms with Crippen LogP contribution in [0.5, 0.6) is 5.75 Å². The highest BCUT2D eigenvalue weighted by Gasteiger charge is 2.05. The van der Waals surface area contributed by atoms with Crippen molar-refractivity contribution in [1.82, 2.24) is 9.78 Å². The Morgan fingerprint density at radius 2 is 2.10 bits per heavy atom. The van der Waals surface area contributed by atoms with Crippen LogP contribution in [0.3, 0.4) is 0 Å². The van der Waals surface area contributed by atoms with E-state index in [1.54, 1.807) is 25.4 Å². The maximum atomic E-state index is 12.7. The minimum atomic E-state index is -0.285. The Balaban J connectivity index is 1.76. The molecule has 0 saturated carbocycles. The minimum Gasteiger partial charge on any atom is -0.494 e. The fourth-order valence-corrected chi connectivity index (χ4v) is 2.15. The largest absolute Gasteiger partial charge is 0.494 e. The van der Waals surface area contributed by atoms with Crippen LogP contribution < -0.4 is 15.6 Å². The molecule has 0 aliphatic carbocycles. The molecule has 0 saturated heterocycles. The summed E-state index contributed by atoms with van der Waals surface area (Å²) in [6, 6.07) is 5.89. The molecule has 1 heterocycles. The number of rotatable bonds is 6. The van der Waals surface area contributed by atoms with Gasteiger partial charge in [-0.05, 0) is 46.6 Å². The molecule has 5 nitrogen and oxygen atoms in total. The number of aryl methyl sites for hydroxylation is 1. The zero-order valence-corrected chi connectivity index (χ0v) is 13.1. The van der Waals surface area contributed by atoms with Crippen molar-refractivity contribution in [3.8, 4) is 5.75 Å². The number of hydrogen-bond donors (Lipinski definition) is 1. The van der Waals surface area contributed by atoms with Gasteiger partial charge in [-0.25, -0.2) is 9.07 Å². The number of hydrogen-bond acceptors (Lipinski definition) is 4. The average molecular weight is 356 g/mol. The van der Waals surface area contributed by atoms with Gasteiger partial charge in [0.05, 0.1) is 18.5 Å². The van der Waals surface area contributed by atoms with E-state index >= 15 is 0 Å². The summed E-state index contributed by atoms with van der Waals surface area (Å²) in [5.41, 5.74) is 0.461. The molecule has 1 N–H and O–H groups in total. The zero-order chi connectivity index (χ0) is 15.2. The van der Waals surface area contributed by atoms with Crippen LogP contribution in [0.15, 0.2) is 39.7 Å². The lowest BCUT2D eigenvalue weighted by Crippen LogP contribution is -2.21. The van der Waals surface area contributed by atoms with Crippen molar-refractivity contribution < 1.29 is 9.13 Å². The molecule has 0 spiro atoms. The van der Waals surface area contributed by atoms with Gasteiger partial charge in [-0.3, -0.25) is 4.79 Å². The summed E-state index contributed by atoms with van der Waals surface area (Å²) in [6.45, 7) is 1.13. The first-order valence-corrected chi connectivity index (χ1v) is 7.21. The quantitative estimate of drug-likeness (QED) is 0.809. The Labute approximate surface area is 129 Å². The van der Waals surface area contributed by atoms with Crippen LogP contribution >= 0.6 is 15.9 Å². The number of halogens is 2. The van der Waals surface area contributed by atoms with Crippen molar-refractivity contribution in [3.05, 3.63) is 51.1 Å². The zero-order valence-electron chi connectivity index (χ0n) is 11.5. The highest BCUT2D eigenvalue weighted by atomic mass is 79.9. The van der Waals surface area contributed by atoms with Crippen LogP contribution in [-0.2, 0) is 7.05 Å². The summed E-state index contributed by atoms with van der Waals surface area (Å²) >= 11 is 3.24. The Hall–Kier alpha value is -1.89. The van der Waals surface area contributed by atoms with Crippen molar-refractivity contribution in [2.45, 2.75) is 6.42 Å². The Kier molecular flexibility index (Phi) is 5.32. The molecule has 2 rings (SSSR count). The number of nitrogens with one attached hydrogen (secondary N) is 1. The Bertz CT molecular complexity index is 658. The van der Waals surface area contributed by atoms with Crippen molar-refractivity contribution in [1.29, 1.82) is 0 Å². The van der Waals surface area contributed by atoms with Crippen LogP contribution in [0, 0.1) is 5.82 Å². The predicted molar refractivity (Wildman–Crippen MR) is 82.2 cm³/mol. The van der Waals surface area contributed by atoms with Gasteiger partial charge in [0.25, 0.3) is 5.56 Å². The monoisotopic (exact) mass is 355 g/mol. The number of aromatic nitrogens is 2. The first-order valence-electron chi connectivity index (χ1n) is 6.42. The van der Waals surface area contributed by atoms with Crippen LogP contribution in [0.4, 0.5) is 10.1 Å². The highest BCUT2D eigenvalue weighted by molar-refractivity contribution is 9.10. The number of anilines is 1. The van der Waals surface area contributed by atoms with Gasteiger partial charge in [-0.15, -0.1) is 0 Å². The molecular formula is C14H15BrFN3O2. The van der Waals surface area contributed by atoms with E-state index in [1.807, 2.05) is 0 Å². The Morgan fingerprint density at radius 1 is 1.38 bits per heavy atom. The van der Waals surface area contributed by atoms with Gasteiger partial charge in [0.15, 0.2) is 0 Å². The second kappa shape index (κ2) is 7.21. The minimum absolute atomic E-state index is 0.192. The third-order valence-electron chi connectivity index (χ3n) is 2.80. The van der Waals surface area contributed by atoms with Gasteiger partial charge >= 0.3 is 0 Å². The molecule has 1 aromatic carbocycles. The molecule has 0 fully saturated rings. The van der Waals surface area contributed by atoms with E-state index < -0.39 is 0 Å². The van der Waals surface area contributed by atoms with Crippen LogP contribution in [0.25, 0.3) is 0 Å². The molecule has 2 aromatic rings. The van der Waals surface area contributed by atoms with E-state index in [0.717, 1.165) is 6.42 Å². The molecule has 112 valence electrons. The summed E-state index contributed by atoms with van der Waals surface area (Å²) in [5.74, 6) is 0.347. The average Bonchev–Trinajstić information content (AvgIpc) is 2.48. The molecule has 0 atom stereocenters. The lowest BCUT2D eigenvalue weighted by Gasteiger charge is -2.09. The topological polar surface area (TPSA) is 56.1 Å². The van der Waals surface area contributed by atoms with Gasteiger partial charge in [0, 0.05) is 13.6 Å². The van der Waals surface area contributed by atoms with E-state index in [2.05, 4.69) is 26.3 Å². The molecule has 0 radical (unpaired) electrons. The van der Waals surface area contributed by atoms with Crippen molar-refractivity contribution in [2.24, 2.45) is 7.05 Å². The summed E-state index contributed by atoms with van der Waals surface area (Å²) in [6.07, 6.45) is 2.32. The molecule has 0 bridgehead atoms. The molecule has 1 aromatic heterocycles. The first-order chi connectivity index (χ1) is 10.1. The SMILES string of the molecule is Cn1ncc(NCCCOc2ccc(F)cc2)c(Br)c1=O. The van der Waals surface area contributed by atoms with Gasteiger partial charge in [0.2, 0.25) is 0 Å². The lowest BCUT2D eigenvalue weighted by atomic mass is 10.3. The maximum Gasteiger partial charge on any atom is 0.282 e. The van der Waals surface area contributed by atoms with Crippen molar-refractivity contribution in [2.75, 3.05) is 18.5 Å². The summed E-state index contributed by atoms with van der Waals surface area (Å²) in [7, 11) is 1.59. The first kappa shape index (κ1) is 15.5. The van der Waals surface area contributed by atoms with Gasteiger partial charge < -0.3 is 10.1 Å². The third kappa shape index (κ3) is 4.29. The molecule has 0 aliphatic heterocycles. The van der Waals surface area contributed by atoms with Crippen LogP contribution in [-0.4, -0.2) is 22.9 Å². The molecule has 0 aliphatic rings. The second-order valence-electron chi connectivity index (χ2n) is 4.38. The van der Waals surface area contributed by atoms with Crippen LogP contribution in [0.2, 0.25) is 0 Å². The number of ether oxygens (including phenoxy) is 1. The maximum absolute atomic E-state index is 12.7. The fourth-order valence-electron chi connectivity index (χ4n) is 1.65. The summed E-state index contributed by atoms with van der Waals surface area (Å²) in [4.78, 5) is 11.6. The predicted octanol–water partition coefficient (Wildman–Crippen LogP) is 2.56. The standard InChI is InChI=1S/C14H15BrFN3O2/c1-19-14(20)13(15)12(9-18-19)17-7-2-8-21-11-5-3-10(16)4-6-11/h3-6,9,17H,2,7-8H2,1H3. The molecule has 0 unspecified atom stereocenters. The fraction of sp³-hybridized carbons (Fsp3) is 0.286. The van der Waals surface area contributed by atoms with E-state index in [1.165, 1.54) is 16.8 Å². The molecule has 0 amide bonds. The molecule has 7 heteroatoms. The van der Waals surface area contributed by atoms with E-state index in [0.29, 0.717) is 29.1 Å². The van der Waals surface area contributed by atoms with Crippen molar-refractivity contribution >= 4 is 21.6 Å². The van der Waals surface area contributed by atoms with Gasteiger partial charge in [0.1, 0.15) is 16.0 Å². The number of nitrogens with zero attached hydrogens (tertiary/aromatic N) is 2. The normalized spacial score (nSPS) is 10.4. The van der Waals surface area contributed by atoms with Gasteiger partial charge in [-0.2, -0.15) is 5.10 Å². The molecular weight excluding hydrogens is 341 g/mol.